The molecule has 4 nitrogen and oxygen atoms in total. The first-order valence-electron chi connectivity index (χ1n) is 7.23. The predicted molar refractivity (Wildman–Crippen MR) is 89.9 cm³/mol. The Labute approximate surface area is 137 Å². The van der Waals surface area contributed by atoms with Crippen LogP contribution in [0.15, 0.2) is 60.1 Å². The number of carbonyl (C=O) groups is 1. The van der Waals surface area contributed by atoms with Gasteiger partial charge in [0.15, 0.2) is 5.54 Å². The van der Waals surface area contributed by atoms with Crippen LogP contribution >= 0.6 is 11.3 Å². The zero-order valence-corrected chi connectivity index (χ0v) is 13.2. The summed E-state index contributed by atoms with van der Waals surface area (Å²) in [5.41, 5.74) is 1.10. The number of hydrogen-bond acceptors (Lipinski definition) is 3. The van der Waals surface area contributed by atoms with E-state index in [-0.39, 0.29) is 5.91 Å². The van der Waals surface area contributed by atoms with Crippen molar-refractivity contribution in [3.63, 3.8) is 0 Å². The van der Waals surface area contributed by atoms with Gasteiger partial charge in [0.05, 0.1) is 17.5 Å². The quantitative estimate of drug-likeness (QED) is 0.682. The Morgan fingerprint density at radius 1 is 1.17 bits per heavy atom. The van der Waals surface area contributed by atoms with Crippen molar-refractivity contribution >= 4 is 22.9 Å². The number of nitriles is 1. The Hall–Kier alpha value is -2.84. The molecule has 3 aromatic rings. The Kier molecular flexibility index (Phi) is 2.90. The summed E-state index contributed by atoms with van der Waals surface area (Å²) in [6.07, 6.45) is 1.94. The van der Waals surface area contributed by atoms with Crippen LogP contribution in [0.5, 0.6) is 0 Å². The van der Waals surface area contributed by atoms with E-state index in [0.29, 0.717) is 5.56 Å². The molecule has 1 aliphatic rings. The van der Waals surface area contributed by atoms with Crippen LogP contribution in [0, 0.1) is 11.3 Å². The summed E-state index contributed by atoms with van der Waals surface area (Å²) < 4.78 is 2.00. The van der Waals surface area contributed by atoms with Crippen molar-refractivity contribution in [2.24, 2.45) is 0 Å². The lowest BCUT2D eigenvalue weighted by Gasteiger charge is -2.40. The van der Waals surface area contributed by atoms with Crippen molar-refractivity contribution in [2.75, 3.05) is 4.90 Å². The van der Waals surface area contributed by atoms with Crippen molar-refractivity contribution in [3.8, 4) is 11.1 Å². The van der Waals surface area contributed by atoms with Crippen molar-refractivity contribution < 1.29 is 4.79 Å². The summed E-state index contributed by atoms with van der Waals surface area (Å²) in [5, 5.41) is 12.8. The fourth-order valence-electron chi connectivity index (χ4n) is 3.08. The van der Waals surface area contributed by atoms with E-state index in [1.165, 1.54) is 0 Å². The first kappa shape index (κ1) is 13.8. The molecule has 0 aliphatic carbocycles. The van der Waals surface area contributed by atoms with Gasteiger partial charge in [0.2, 0.25) is 0 Å². The fraction of sp³-hybridized carbons (Fsp3) is 0.111. The second kappa shape index (κ2) is 4.83. The van der Waals surface area contributed by atoms with Gasteiger partial charge >= 0.3 is 0 Å². The van der Waals surface area contributed by atoms with Gasteiger partial charge in [-0.1, -0.05) is 18.2 Å². The number of amides is 1. The molecule has 112 valence electrons. The minimum absolute atomic E-state index is 0.165. The maximum absolute atomic E-state index is 13.1. The number of benzene rings is 1. The molecule has 0 fully saturated rings. The highest BCUT2D eigenvalue weighted by molar-refractivity contribution is 7.13. The largest absolute Gasteiger partial charge is 0.307 e. The number of nitrogens with zero attached hydrogens (tertiary/aromatic N) is 3. The van der Waals surface area contributed by atoms with Gasteiger partial charge in [-0.25, -0.2) is 0 Å². The average molecular weight is 319 g/mol. The van der Waals surface area contributed by atoms with Crippen molar-refractivity contribution in [2.45, 2.75) is 12.5 Å². The van der Waals surface area contributed by atoms with Crippen LogP contribution in [-0.2, 0) is 5.54 Å². The zero-order valence-electron chi connectivity index (χ0n) is 12.4. The third-order valence-electron chi connectivity index (χ3n) is 4.22. The molecular formula is C18H13N3OS. The SMILES string of the molecule is CC1(C#N)c2cccn2-c2sccc2N1C(=O)c1ccccc1. The van der Waals surface area contributed by atoms with Gasteiger partial charge in [-0.3, -0.25) is 9.69 Å². The summed E-state index contributed by atoms with van der Waals surface area (Å²) in [6.45, 7) is 1.79. The minimum Gasteiger partial charge on any atom is -0.307 e. The molecule has 0 bridgehead atoms. The molecular weight excluding hydrogens is 306 g/mol. The van der Waals surface area contributed by atoms with E-state index in [9.17, 15) is 10.1 Å². The number of carbonyl (C=O) groups excluding carboxylic acids is 1. The molecule has 23 heavy (non-hydrogen) atoms. The number of rotatable bonds is 1. The van der Waals surface area contributed by atoms with Crippen LogP contribution in [0.1, 0.15) is 23.0 Å². The third kappa shape index (κ3) is 1.79. The lowest BCUT2D eigenvalue weighted by Crippen LogP contribution is -2.50. The van der Waals surface area contributed by atoms with Gasteiger partial charge in [0.25, 0.3) is 5.91 Å². The lowest BCUT2D eigenvalue weighted by atomic mass is 9.93. The van der Waals surface area contributed by atoms with Crippen LogP contribution in [0.4, 0.5) is 5.69 Å². The molecule has 4 rings (SSSR count). The van der Waals surface area contributed by atoms with Gasteiger partial charge in [0, 0.05) is 11.8 Å². The summed E-state index contributed by atoms with van der Waals surface area (Å²) >= 11 is 1.56. The number of thiophene rings is 1. The number of fused-ring (bicyclic) bond motifs is 3. The van der Waals surface area contributed by atoms with Crippen LogP contribution < -0.4 is 4.90 Å². The second-order valence-electron chi connectivity index (χ2n) is 5.57. The van der Waals surface area contributed by atoms with Gasteiger partial charge in [0.1, 0.15) is 5.00 Å². The second-order valence-corrected chi connectivity index (χ2v) is 6.46. The van der Waals surface area contributed by atoms with E-state index in [1.807, 2.05) is 52.5 Å². The van der Waals surface area contributed by atoms with E-state index >= 15 is 0 Å². The molecule has 2 aromatic heterocycles. The Balaban J connectivity index is 1.96. The highest BCUT2D eigenvalue weighted by atomic mass is 32.1. The lowest BCUT2D eigenvalue weighted by molar-refractivity contribution is 0.0966. The van der Waals surface area contributed by atoms with Crippen molar-refractivity contribution in [3.05, 3.63) is 71.4 Å². The highest BCUT2D eigenvalue weighted by Gasteiger charge is 2.45. The van der Waals surface area contributed by atoms with E-state index < -0.39 is 5.54 Å². The third-order valence-corrected chi connectivity index (χ3v) is 5.12. The summed E-state index contributed by atoms with van der Waals surface area (Å²) in [4.78, 5) is 14.8. The van der Waals surface area contributed by atoms with Crippen molar-refractivity contribution in [1.82, 2.24) is 4.57 Å². The number of hydrogen-bond donors (Lipinski definition) is 0. The molecule has 0 spiro atoms. The van der Waals surface area contributed by atoms with Crippen LogP contribution in [0.2, 0.25) is 0 Å². The Morgan fingerprint density at radius 2 is 1.96 bits per heavy atom. The molecule has 0 radical (unpaired) electrons. The molecule has 1 amide bonds. The maximum Gasteiger partial charge on any atom is 0.260 e. The van der Waals surface area contributed by atoms with E-state index in [2.05, 4.69) is 6.07 Å². The standard InChI is InChI=1S/C18H13N3OS/c1-18(12-19)15-8-5-10-20(15)17-14(9-11-23-17)21(18)16(22)13-6-3-2-4-7-13/h2-11H,1H3. The molecule has 1 unspecified atom stereocenters. The monoisotopic (exact) mass is 319 g/mol. The minimum atomic E-state index is -1.05. The normalized spacial score (nSPS) is 18.9. The van der Waals surface area contributed by atoms with Crippen LogP contribution in [-0.4, -0.2) is 10.5 Å². The molecule has 1 atom stereocenters. The highest BCUT2D eigenvalue weighted by Crippen LogP contribution is 2.45. The molecule has 0 saturated heterocycles. The van der Waals surface area contributed by atoms with Crippen LogP contribution in [0.3, 0.4) is 0 Å². The average Bonchev–Trinajstić information content (AvgIpc) is 3.24. The van der Waals surface area contributed by atoms with E-state index in [1.54, 1.807) is 35.3 Å². The van der Waals surface area contributed by atoms with Gasteiger partial charge in [-0.15, -0.1) is 11.3 Å². The van der Waals surface area contributed by atoms with Crippen LogP contribution in [0.25, 0.3) is 5.00 Å². The maximum atomic E-state index is 13.1. The number of aromatic nitrogens is 1. The molecule has 1 aliphatic heterocycles. The smallest absolute Gasteiger partial charge is 0.260 e. The molecule has 1 aromatic carbocycles. The molecule has 5 heteroatoms. The molecule has 0 N–H and O–H groups in total. The van der Waals surface area contributed by atoms with Gasteiger partial charge in [-0.2, -0.15) is 5.26 Å². The molecule has 0 saturated carbocycles. The Bertz CT molecular complexity index is 935. The topological polar surface area (TPSA) is 49.0 Å². The summed E-state index contributed by atoms with van der Waals surface area (Å²) in [7, 11) is 0. The first-order chi connectivity index (χ1) is 11.2. The van der Waals surface area contributed by atoms with E-state index in [0.717, 1.165) is 16.4 Å². The zero-order chi connectivity index (χ0) is 16.0. The van der Waals surface area contributed by atoms with Gasteiger partial charge < -0.3 is 4.57 Å². The first-order valence-corrected chi connectivity index (χ1v) is 8.11. The molecule has 3 heterocycles. The Morgan fingerprint density at radius 3 is 2.70 bits per heavy atom. The fourth-order valence-corrected chi connectivity index (χ4v) is 3.96. The summed E-state index contributed by atoms with van der Waals surface area (Å²) in [6, 6.07) is 17.1. The van der Waals surface area contributed by atoms with E-state index in [4.69, 9.17) is 0 Å². The van der Waals surface area contributed by atoms with Gasteiger partial charge in [-0.05, 0) is 42.6 Å². The summed E-state index contributed by atoms with van der Waals surface area (Å²) in [5.74, 6) is -0.165. The van der Waals surface area contributed by atoms with Crippen molar-refractivity contribution in [1.29, 1.82) is 5.26 Å². The number of anilines is 1. The predicted octanol–water partition coefficient (Wildman–Crippen LogP) is 3.94.